The molecule has 7 heteroatoms. The molecule has 0 fully saturated rings. The first-order valence-corrected chi connectivity index (χ1v) is 14.8. The summed E-state index contributed by atoms with van der Waals surface area (Å²) in [6.45, 7) is 0.436. The lowest BCUT2D eigenvalue weighted by atomic mass is 10.1. The molecule has 0 aliphatic heterocycles. The van der Waals surface area contributed by atoms with Crippen LogP contribution in [0.2, 0.25) is 0 Å². The minimum atomic E-state index is -0.202. The monoisotopic (exact) mass is 679 g/mol. The Morgan fingerprint density at radius 1 is 0.512 bits per heavy atom. The largest absolute Gasteiger partial charge is 0.311 e. The van der Waals surface area contributed by atoms with E-state index in [1.54, 1.807) is 83.4 Å². The van der Waals surface area contributed by atoms with Gasteiger partial charge in [-0.3, -0.25) is 14.4 Å². The molecule has 0 aliphatic rings. The molecule has 5 aromatic rings. The number of anilines is 3. The summed E-state index contributed by atoms with van der Waals surface area (Å²) in [5, 5.41) is 0. The van der Waals surface area contributed by atoms with Crippen LogP contribution in [-0.4, -0.2) is 31.8 Å². The third-order valence-electron chi connectivity index (χ3n) is 7.21. The molecule has 5 aromatic carbocycles. The number of carbonyl (C=O) groups excluding carboxylic acids is 3. The fourth-order valence-electron chi connectivity index (χ4n) is 4.71. The first kappa shape index (κ1) is 29.7. The molecule has 0 heterocycles. The maximum Gasteiger partial charge on any atom is 0.259 e. The predicted octanol–water partition coefficient (Wildman–Crippen LogP) is 7.69. The molecule has 0 saturated heterocycles. The Bertz CT molecular complexity index is 1720. The molecular weight excluding hydrogens is 649 g/mol. The summed E-state index contributed by atoms with van der Waals surface area (Å²) in [5.41, 5.74) is 4.81. The van der Waals surface area contributed by atoms with Crippen molar-refractivity contribution in [2.75, 3.05) is 28.8 Å². The number of nitrogens with zero attached hydrogens (tertiary/aromatic N) is 3. The van der Waals surface area contributed by atoms with Gasteiger partial charge in [-0.15, -0.1) is 0 Å². The highest BCUT2D eigenvalue weighted by atomic mass is 127. The first-order chi connectivity index (χ1) is 20.8. The van der Waals surface area contributed by atoms with Crippen LogP contribution < -0.4 is 14.7 Å². The second kappa shape index (κ2) is 13.5. The summed E-state index contributed by atoms with van der Waals surface area (Å²) in [7, 11) is 3.42. The molecule has 0 spiro atoms. The van der Waals surface area contributed by atoms with Gasteiger partial charge in [0.1, 0.15) is 0 Å². The van der Waals surface area contributed by atoms with Gasteiger partial charge in [0.2, 0.25) is 0 Å². The minimum Gasteiger partial charge on any atom is -0.311 e. The molecule has 0 aliphatic carbocycles. The van der Waals surface area contributed by atoms with Gasteiger partial charge < -0.3 is 14.7 Å². The number of benzene rings is 5. The molecular formula is C36H30IN3O3. The number of halogens is 1. The summed E-state index contributed by atoms with van der Waals surface area (Å²) < 4.78 is 0.877. The highest BCUT2D eigenvalue weighted by molar-refractivity contribution is 14.1. The Hall–Kier alpha value is -4.76. The second-order valence-electron chi connectivity index (χ2n) is 10.0. The number of hydrogen-bond acceptors (Lipinski definition) is 3. The van der Waals surface area contributed by atoms with Crippen LogP contribution >= 0.6 is 22.6 Å². The first-order valence-electron chi connectivity index (χ1n) is 13.7. The summed E-state index contributed by atoms with van der Waals surface area (Å²) in [5.74, 6) is -0.451. The van der Waals surface area contributed by atoms with Crippen LogP contribution in [0.25, 0.3) is 0 Å². The Morgan fingerprint density at radius 3 is 1.53 bits per heavy atom. The summed E-state index contributed by atoms with van der Waals surface area (Å²) in [6.07, 6.45) is 0. The SMILES string of the molecule is CN(C(=O)c1ccc(N(C)C(=O)c2ccccc2I)cc1)c1ccc(C(=O)N(Cc2ccccc2)c2ccccc2)cc1. The van der Waals surface area contributed by atoms with Crippen molar-refractivity contribution in [3.63, 3.8) is 0 Å². The van der Waals surface area contributed by atoms with Crippen LogP contribution in [0.1, 0.15) is 36.6 Å². The van der Waals surface area contributed by atoms with Gasteiger partial charge in [0, 0.05) is 45.9 Å². The van der Waals surface area contributed by atoms with Crippen molar-refractivity contribution in [3.05, 3.63) is 159 Å². The quantitative estimate of drug-likeness (QED) is 0.158. The molecule has 0 N–H and O–H groups in total. The average Bonchev–Trinajstić information content (AvgIpc) is 3.07. The average molecular weight is 680 g/mol. The van der Waals surface area contributed by atoms with E-state index >= 15 is 0 Å². The van der Waals surface area contributed by atoms with E-state index in [9.17, 15) is 14.4 Å². The molecule has 0 aromatic heterocycles. The van der Waals surface area contributed by atoms with Gasteiger partial charge in [0.25, 0.3) is 17.7 Å². The van der Waals surface area contributed by atoms with E-state index in [0.29, 0.717) is 34.6 Å². The van der Waals surface area contributed by atoms with Crippen molar-refractivity contribution in [1.29, 1.82) is 0 Å². The van der Waals surface area contributed by atoms with E-state index in [2.05, 4.69) is 22.6 Å². The smallest absolute Gasteiger partial charge is 0.259 e. The summed E-state index contributed by atoms with van der Waals surface area (Å²) >= 11 is 2.15. The van der Waals surface area contributed by atoms with E-state index in [1.165, 1.54) is 0 Å². The van der Waals surface area contributed by atoms with Crippen molar-refractivity contribution in [2.24, 2.45) is 0 Å². The fourth-order valence-corrected chi connectivity index (χ4v) is 5.33. The van der Waals surface area contributed by atoms with Gasteiger partial charge in [-0.05, 0) is 101 Å². The van der Waals surface area contributed by atoms with Gasteiger partial charge in [0.05, 0.1) is 12.1 Å². The zero-order valence-corrected chi connectivity index (χ0v) is 26.0. The maximum absolute atomic E-state index is 13.6. The fraction of sp³-hybridized carbons (Fsp3) is 0.0833. The predicted molar refractivity (Wildman–Crippen MR) is 181 cm³/mol. The van der Waals surface area contributed by atoms with Crippen molar-refractivity contribution in [2.45, 2.75) is 6.54 Å². The summed E-state index contributed by atoms with van der Waals surface area (Å²) in [4.78, 5) is 44.8. The zero-order valence-electron chi connectivity index (χ0n) is 23.9. The molecule has 0 radical (unpaired) electrons. The normalized spacial score (nSPS) is 10.6. The molecule has 214 valence electrons. The molecule has 3 amide bonds. The molecule has 0 bridgehead atoms. The van der Waals surface area contributed by atoms with Gasteiger partial charge in [-0.25, -0.2) is 0 Å². The lowest BCUT2D eigenvalue weighted by molar-refractivity contribution is 0.0980. The van der Waals surface area contributed by atoms with Crippen LogP contribution in [0.15, 0.2) is 133 Å². The molecule has 0 saturated carbocycles. The number of carbonyl (C=O) groups is 3. The van der Waals surface area contributed by atoms with Crippen LogP contribution in [0.5, 0.6) is 0 Å². The van der Waals surface area contributed by atoms with Crippen LogP contribution in [0.4, 0.5) is 17.1 Å². The van der Waals surface area contributed by atoms with E-state index in [4.69, 9.17) is 0 Å². The number of rotatable bonds is 8. The standard InChI is InChI=1S/C36H30IN3O3/c1-38(34(41)27-17-21-30(22-18-27)39(2)36(43)32-15-9-10-16-33(32)37)29-23-19-28(20-24-29)35(42)40(31-13-7-4-8-14-31)25-26-11-5-3-6-12-26/h3-24H,25H2,1-2H3. The Balaban J connectivity index is 1.29. The van der Waals surface area contributed by atoms with Crippen LogP contribution in [-0.2, 0) is 6.54 Å². The zero-order chi connectivity index (χ0) is 30.3. The highest BCUT2D eigenvalue weighted by Crippen LogP contribution is 2.24. The molecule has 5 rings (SSSR count). The van der Waals surface area contributed by atoms with Gasteiger partial charge in [-0.1, -0.05) is 60.7 Å². The van der Waals surface area contributed by atoms with Gasteiger partial charge in [0.15, 0.2) is 0 Å². The molecule has 43 heavy (non-hydrogen) atoms. The Morgan fingerprint density at radius 2 is 0.977 bits per heavy atom. The summed E-state index contributed by atoms with van der Waals surface area (Å²) in [6, 6.07) is 40.9. The lowest BCUT2D eigenvalue weighted by Gasteiger charge is -2.24. The topological polar surface area (TPSA) is 60.9 Å². The van der Waals surface area contributed by atoms with Gasteiger partial charge in [-0.2, -0.15) is 0 Å². The maximum atomic E-state index is 13.6. The van der Waals surface area contributed by atoms with Crippen molar-refractivity contribution >= 4 is 57.4 Å². The van der Waals surface area contributed by atoms with Crippen molar-refractivity contribution in [1.82, 2.24) is 0 Å². The van der Waals surface area contributed by atoms with Crippen molar-refractivity contribution in [3.8, 4) is 0 Å². The van der Waals surface area contributed by atoms with E-state index in [0.717, 1.165) is 14.8 Å². The number of para-hydroxylation sites is 1. The van der Waals surface area contributed by atoms with E-state index < -0.39 is 0 Å². The minimum absolute atomic E-state index is 0.120. The molecule has 0 atom stereocenters. The van der Waals surface area contributed by atoms with E-state index in [1.807, 2.05) is 78.9 Å². The number of hydrogen-bond donors (Lipinski definition) is 0. The van der Waals surface area contributed by atoms with Crippen LogP contribution in [0.3, 0.4) is 0 Å². The second-order valence-corrected chi connectivity index (χ2v) is 11.2. The van der Waals surface area contributed by atoms with Crippen LogP contribution in [0, 0.1) is 3.57 Å². The number of amides is 3. The van der Waals surface area contributed by atoms with E-state index in [-0.39, 0.29) is 17.7 Å². The molecule has 6 nitrogen and oxygen atoms in total. The Kier molecular flexibility index (Phi) is 9.32. The Labute approximate surface area is 265 Å². The third-order valence-corrected chi connectivity index (χ3v) is 8.15. The van der Waals surface area contributed by atoms with Gasteiger partial charge >= 0.3 is 0 Å². The highest BCUT2D eigenvalue weighted by Gasteiger charge is 2.20. The lowest BCUT2D eigenvalue weighted by Crippen LogP contribution is -2.30. The third kappa shape index (κ3) is 6.84. The molecule has 0 unspecified atom stereocenters. The van der Waals surface area contributed by atoms with Crippen molar-refractivity contribution < 1.29 is 14.4 Å².